The lowest BCUT2D eigenvalue weighted by Gasteiger charge is -2.38. The van der Waals surface area contributed by atoms with E-state index in [0.717, 1.165) is 12.6 Å². The van der Waals surface area contributed by atoms with Crippen molar-refractivity contribution in [2.24, 2.45) is 5.41 Å². The van der Waals surface area contributed by atoms with E-state index in [1.807, 2.05) is 0 Å². The van der Waals surface area contributed by atoms with E-state index in [-0.39, 0.29) is 0 Å². The van der Waals surface area contributed by atoms with Gasteiger partial charge in [0.05, 0.1) is 0 Å². The summed E-state index contributed by atoms with van der Waals surface area (Å²) in [4.78, 5) is 2.68. The lowest BCUT2D eigenvalue weighted by Crippen LogP contribution is -2.44. The van der Waals surface area contributed by atoms with Gasteiger partial charge in [-0.15, -0.1) is 0 Å². The van der Waals surface area contributed by atoms with Gasteiger partial charge in [0.2, 0.25) is 0 Å². The number of nitrogens with one attached hydrogen (secondary N) is 1. The first kappa shape index (κ1) is 18.0. The van der Waals surface area contributed by atoms with Crippen LogP contribution in [0.2, 0.25) is 0 Å². The molecule has 0 amide bonds. The van der Waals surface area contributed by atoms with Gasteiger partial charge in [-0.3, -0.25) is 0 Å². The van der Waals surface area contributed by atoms with Gasteiger partial charge in [-0.25, -0.2) is 0 Å². The molecule has 1 N–H and O–H groups in total. The Morgan fingerprint density at radius 2 is 1.70 bits per heavy atom. The van der Waals surface area contributed by atoms with Crippen molar-refractivity contribution >= 4 is 0 Å². The Kier molecular flexibility index (Phi) is 8.79. The first-order chi connectivity index (χ1) is 9.61. The van der Waals surface area contributed by atoms with Crippen LogP contribution >= 0.6 is 0 Å². The lowest BCUT2D eigenvalue weighted by atomic mass is 9.84. The molecule has 2 heteroatoms. The second kappa shape index (κ2) is 9.78. The van der Waals surface area contributed by atoms with E-state index in [1.165, 1.54) is 70.9 Å². The first-order valence-electron chi connectivity index (χ1n) is 9.02. The van der Waals surface area contributed by atoms with Crippen LogP contribution in [0.5, 0.6) is 0 Å². The van der Waals surface area contributed by atoms with Gasteiger partial charge in [-0.1, -0.05) is 52.9 Å². The Morgan fingerprint density at radius 1 is 1.05 bits per heavy atom. The molecule has 0 aromatic rings. The van der Waals surface area contributed by atoms with Gasteiger partial charge >= 0.3 is 0 Å². The summed E-state index contributed by atoms with van der Waals surface area (Å²) in [5.74, 6) is 0. The van der Waals surface area contributed by atoms with Crippen molar-refractivity contribution in [2.75, 3.05) is 26.7 Å². The summed E-state index contributed by atoms with van der Waals surface area (Å²) in [6.07, 6.45) is 12.5. The van der Waals surface area contributed by atoms with Crippen LogP contribution in [0.15, 0.2) is 0 Å². The van der Waals surface area contributed by atoms with E-state index in [9.17, 15) is 0 Å². The van der Waals surface area contributed by atoms with Crippen molar-refractivity contribution < 1.29 is 0 Å². The van der Waals surface area contributed by atoms with Crippen molar-refractivity contribution in [1.29, 1.82) is 0 Å². The van der Waals surface area contributed by atoms with Crippen molar-refractivity contribution in [1.82, 2.24) is 10.2 Å². The van der Waals surface area contributed by atoms with Gasteiger partial charge in [0.25, 0.3) is 0 Å². The van der Waals surface area contributed by atoms with Crippen LogP contribution < -0.4 is 5.32 Å². The molecule has 0 saturated heterocycles. The van der Waals surface area contributed by atoms with Gasteiger partial charge in [-0.05, 0) is 44.7 Å². The minimum Gasteiger partial charge on any atom is -0.316 e. The number of rotatable bonds is 9. The number of hydrogen-bond acceptors (Lipinski definition) is 2. The third-order valence-corrected chi connectivity index (χ3v) is 4.91. The third kappa shape index (κ3) is 6.58. The van der Waals surface area contributed by atoms with Gasteiger partial charge < -0.3 is 10.2 Å². The predicted molar refractivity (Wildman–Crippen MR) is 90.3 cm³/mol. The highest BCUT2D eigenvalue weighted by Crippen LogP contribution is 2.27. The third-order valence-electron chi connectivity index (χ3n) is 4.91. The SMILES string of the molecule is CCCNCC(C)(CCC)CN(C)C1CCCCCC1. The monoisotopic (exact) mass is 282 g/mol. The van der Waals surface area contributed by atoms with Crippen LogP contribution in [-0.2, 0) is 0 Å². The quantitative estimate of drug-likeness (QED) is 0.496. The van der Waals surface area contributed by atoms with Gasteiger partial charge in [0, 0.05) is 19.1 Å². The van der Waals surface area contributed by atoms with Crippen LogP contribution in [0, 0.1) is 5.41 Å². The van der Waals surface area contributed by atoms with Gasteiger partial charge in [0.1, 0.15) is 0 Å². The average Bonchev–Trinajstić information content (AvgIpc) is 2.68. The molecule has 1 atom stereocenters. The van der Waals surface area contributed by atoms with Gasteiger partial charge in [-0.2, -0.15) is 0 Å². The highest BCUT2D eigenvalue weighted by atomic mass is 15.1. The number of hydrogen-bond donors (Lipinski definition) is 1. The summed E-state index contributed by atoms with van der Waals surface area (Å²) in [5, 5.41) is 3.65. The van der Waals surface area contributed by atoms with E-state index >= 15 is 0 Å². The summed E-state index contributed by atoms with van der Waals surface area (Å²) >= 11 is 0. The molecule has 2 nitrogen and oxygen atoms in total. The molecule has 0 bridgehead atoms. The summed E-state index contributed by atoms with van der Waals surface area (Å²) in [6.45, 7) is 10.6. The Bertz CT molecular complexity index is 234. The van der Waals surface area contributed by atoms with Crippen molar-refractivity contribution in [3.05, 3.63) is 0 Å². The molecule has 0 radical (unpaired) electrons. The summed E-state index contributed by atoms with van der Waals surface area (Å²) in [7, 11) is 2.36. The average molecular weight is 283 g/mol. The summed E-state index contributed by atoms with van der Waals surface area (Å²) in [5.41, 5.74) is 0.435. The summed E-state index contributed by atoms with van der Waals surface area (Å²) in [6, 6.07) is 0.833. The smallest absolute Gasteiger partial charge is 0.00924 e. The van der Waals surface area contributed by atoms with Crippen molar-refractivity contribution in [3.8, 4) is 0 Å². The van der Waals surface area contributed by atoms with E-state index in [4.69, 9.17) is 0 Å². The van der Waals surface area contributed by atoms with Crippen molar-refractivity contribution in [2.45, 2.75) is 84.6 Å². The molecule has 1 rings (SSSR count). The van der Waals surface area contributed by atoms with Gasteiger partial charge in [0.15, 0.2) is 0 Å². The minimum absolute atomic E-state index is 0.435. The van der Waals surface area contributed by atoms with E-state index in [1.54, 1.807) is 0 Å². The highest BCUT2D eigenvalue weighted by Gasteiger charge is 2.27. The normalized spacial score (nSPS) is 20.9. The Balaban J connectivity index is 2.48. The largest absolute Gasteiger partial charge is 0.316 e. The second-order valence-corrected chi connectivity index (χ2v) is 7.30. The fourth-order valence-electron chi connectivity index (χ4n) is 3.82. The molecular formula is C18H38N2. The zero-order chi connectivity index (χ0) is 14.8. The standard InChI is InChI=1S/C18H38N2/c1-5-13-18(3,15-19-14-6-2)16-20(4)17-11-9-7-8-10-12-17/h17,19H,5-16H2,1-4H3. The molecular weight excluding hydrogens is 244 g/mol. The zero-order valence-corrected chi connectivity index (χ0v) is 14.5. The molecule has 0 heterocycles. The van der Waals surface area contributed by atoms with E-state index < -0.39 is 0 Å². The maximum Gasteiger partial charge on any atom is 0.00924 e. The first-order valence-corrected chi connectivity index (χ1v) is 9.02. The molecule has 1 saturated carbocycles. The van der Waals surface area contributed by atoms with Crippen LogP contribution in [0.3, 0.4) is 0 Å². The summed E-state index contributed by atoms with van der Waals surface area (Å²) < 4.78 is 0. The Hall–Kier alpha value is -0.0800. The maximum atomic E-state index is 3.65. The maximum absolute atomic E-state index is 3.65. The highest BCUT2D eigenvalue weighted by molar-refractivity contribution is 4.83. The molecule has 0 spiro atoms. The predicted octanol–water partition coefficient (Wildman–Crippen LogP) is 4.45. The fraction of sp³-hybridized carbons (Fsp3) is 1.00. The molecule has 0 aliphatic heterocycles. The number of nitrogens with zero attached hydrogens (tertiary/aromatic N) is 1. The molecule has 0 aromatic heterocycles. The van der Waals surface area contributed by atoms with Crippen molar-refractivity contribution in [3.63, 3.8) is 0 Å². The molecule has 20 heavy (non-hydrogen) atoms. The van der Waals surface area contributed by atoms with Crippen LogP contribution in [0.25, 0.3) is 0 Å². The fourth-order valence-corrected chi connectivity index (χ4v) is 3.82. The zero-order valence-electron chi connectivity index (χ0n) is 14.5. The molecule has 0 aromatic carbocycles. The van der Waals surface area contributed by atoms with Crippen LogP contribution in [-0.4, -0.2) is 37.6 Å². The van der Waals surface area contributed by atoms with E-state index in [2.05, 4.69) is 38.0 Å². The Labute approximate surface area is 127 Å². The van der Waals surface area contributed by atoms with Crippen LogP contribution in [0.1, 0.15) is 78.6 Å². The van der Waals surface area contributed by atoms with E-state index in [0.29, 0.717) is 5.41 Å². The Morgan fingerprint density at radius 3 is 2.25 bits per heavy atom. The minimum atomic E-state index is 0.435. The molecule has 1 aliphatic rings. The molecule has 1 aliphatic carbocycles. The van der Waals surface area contributed by atoms with Crippen LogP contribution in [0.4, 0.5) is 0 Å². The molecule has 1 unspecified atom stereocenters. The topological polar surface area (TPSA) is 15.3 Å². The molecule has 120 valence electrons. The molecule has 1 fully saturated rings. The lowest BCUT2D eigenvalue weighted by molar-refractivity contribution is 0.126. The second-order valence-electron chi connectivity index (χ2n) is 7.30.